The van der Waals surface area contributed by atoms with Crippen LogP contribution in [0.4, 0.5) is 4.39 Å². The lowest BCUT2D eigenvalue weighted by Crippen LogP contribution is -2.37. The molecule has 2 aromatic heterocycles. The zero-order valence-corrected chi connectivity index (χ0v) is 16.5. The van der Waals surface area contributed by atoms with E-state index < -0.39 is 5.60 Å². The number of rotatable bonds is 3. The molecule has 146 valence electrons. The lowest BCUT2D eigenvalue weighted by molar-refractivity contribution is 0.0378. The standard InChI is InChI=1S/C23H26FN3O/c1-15-9-17(24)10-19-20-13-26-8-4-6-18(26)11-21(20)27(22(15)19)14-23(2,28)16-5-3-7-25-12-16/h3,5,7,9-10,12,18,28H,4,6,8,11,13-14H2,1-2H3/t18-,23+/m1/s1. The second-order valence-corrected chi connectivity index (χ2v) is 8.62. The maximum Gasteiger partial charge on any atom is 0.124 e. The molecule has 2 atom stereocenters. The normalized spacial score (nSPS) is 21.5. The third kappa shape index (κ3) is 2.76. The summed E-state index contributed by atoms with van der Waals surface area (Å²) in [5, 5.41) is 12.3. The van der Waals surface area contributed by atoms with Crippen molar-refractivity contribution in [2.24, 2.45) is 0 Å². The molecule has 28 heavy (non-hydrogen) atoms. The van der Waals surface area contributed by atoms with E-state index in [0.717, 1.165) is 41.5 Å². The summed E-state index contributed by atoms with van der Waals surface area (Å²) in [6.07, 6.45) is 6.85. The first-order valence-corrected chi connectivity index (χ1v) is 10.1. The van der Waals surface area contributed by atoms with E-state index in [2.05, 4.69) is 14.5 Å². The maximum absolute atomic E-state index is 14.3. The van der Waals surface area contributed by atoms with Crippen LogP contribution in [0.25, 0.3) is 10.9 Å². The molecule has 0 saturated carbocycles. The number of pyridine rings is 1. The molecule has 3 aromatic rings. The maximum atomic E-state index is 14.3. The van der Waals surface area contributed by atoms with Gasteiger partial charge < -0.3 is 9.67 Å². The lowest BCUT2D eigenvalue weighted by Gasteiger charge is -2.32. The Morgan fingerprint density at radius 2 is 2.21 bits per heavy atom. The topological polar surface area (TPSA) is 41.3 Å². The van der Waals surface area contributed by atoms with Crippen molar-refractivity contribution in [2.75, 3.05) is 6.54 Å². The number of nitrogens with zero attached hydrogens (tertiary/aromatic N) is 3. The Morgan fingerprint density at radius 3 is 3.00 bits per heavy atom. The molecule has 0 bridgehead atoms. The van der Waals surface area contributed by atoms with E-state index in [1.54, 1.807) is 24.5 Å². The van der Waals surface area contributed by atoms with Crippen molar-refractivity contribution in [1.29, 1.82) is 0 Å². The van der Waals surface area contributed by atoms with Crippen LogP contribution in [0.5, 0.6) is 0 Å². The fraction of sp³-hybridized carbons (Fsp3) is 0.435. The lowest BCUT2D eigenvalue weighted by atomic mass is 9.96. The van der Waals surface area contributed by atoms with E-state index in [0.29, 0.717) is 12.6 Å². The molecule has 1 aromatic carbocycles. The van der Waals surface area contributed by atoms with Crippen molar-refractivity contribution < 1.29 is 9.50 Å². The number of aliphatic hydroxyl groups is 1. The smallest absolute Gasteiger partial charge is 0.124 e. The quantitative estimate of drug-likeness (QED) is 0.750. The van der Waals surface area contributed by atoms with E-state index >= 15 is 0 Å². The number of halogens is 1. The number of aromatic nitrogens is 2. The van der Waals surface area contributed by atoms with Crippen LogP contribution in [-0.4, -0.2) is 32.1 Å². The fourth-order valence-electron chi connectivity index (χ4n) is 5.20. The first-order valence-electron chi connectivity index (χ1n) is 10.1. The molecule has 2 aliphatic rings. The van der Waals surface area contributed by atoms with Gasteiger partial charge in [0.15, 0.2) is 0 Å². The summed E-state index contributed by atoms with van der Waals surface area (Å²) >= 11 is 0. The van der Waals surface area contributed by atoms with Crippen molar-refractivity contribution in [3.8, 4) is 0 Å². The molecule has 0 unspecified atom stereocenters. The number of hydrogen-bond acceptors (Lipinski definition) is 3. The van der Waals surface area contributed by atoms with Gasteiger partial charge in [-0.1, -0.05) is 6.07 Å². The van der Waals surface area contributed by atoms with Gasteiger partial charge in [-0.25, -0.2) is 4.39 Å². The summed E-state index contributed by atoms with van der Waals surface area (Å²) in [6.45, 7) is 6.24. The zero-order valence-electron chi connectivity index (χ0n) is 16.5. The molecule has 0 radical (unpaired) electrons. The molecular weight excluding hydrogens is 353 g/mol. The summed E-state index contributed by atoms with van der Waals surface area (Å²) < 4.78 is 16.5. The summed E-state index contributed by atoms with van der Waals surface area (Å²) in [4.78, 5) is 6.71. The monoisotopic (exact) mass is 379 g/mol. The second kappa shape index (κ2) is 6.39. The summed E-state index contributed by atoms with van der Waals surface area (Å²) in [7, 11) is 0. The molecule has 0 amide bonds. The third-order valence-electron chi connectivity index (χ3n) is 6.57. The Hall–Kier alpha value is -2.24. The van der Waals surface area contributed by atoms with E-state index in [1.165, 1.54) is 24.1 Å². The zero-order chi connectivity index (χ0) is 19.5. The minimum atomic E-state index is -1.05. The highest BCUT2D eigenvalue weighted by molar-refractivity contribution is 5.88. The summed E-state index contributed by atoms with van der Waals surface area (Å²) in [6, 6.07) is 7.60. The van der Waals surface area contributed by atoms with Crippen molar-refractivity contribution >= 4 is 10.9 Å². The van der Waals surface area contributed by atoms with Gasteiger partial charge in [-0.2, -0.15) is 0 Å². The number of aryl methyl sites for hydroxylation is 1. The molecule has 0 aliphatic carbocycles. The SMILES string of the molecule is Cc1cc(F)cc2c3c(n(C[C@](C)(O)c4cccnc4)c12)C[C@H]1CCCN1C3. The minimum Gasteiger partial charge on any atom is -0.384 e. The highest BCUT2D eigenvalue weighted by Crippen LogP contribution is 2.39. The number of fused-ring (bicyclic) bond motifs is 4. The molecular formula is C23H26FN3O. The van der Waals surface area contributed by atoms with Crippen molar-refractivity contribution in [2.45, 2.75) is 57.8 Å². The average Bonchev–Trinajstić information content (AvgIpc) is 3.23. The largest absolute Gasteiger partial charge is 0.384 e. The highest BCUT2D eigenvalue weighted by atomic mass is 19.1. The Bertz CT molecular complexity index is 1040. The van der Waals surface area contributed by atoms with Crippen LogP contribution >= 0.6 is 0 Å². The number of benzene rings is 1. The van der Waals surface area contributed by atoms with E-state index in [-0.39, 0.29) is 5.82 Å². The van der Waals surface area contributed by atoms with Gasteiger partial charge in [0.25, 0.3) is 0 Å². The van der Waals surface area contributed by atoms with Gasteiger partial charge >= 0.3 is 0 Å². The molecule has 1 saturated heterocycles. The third-order valence-corrected chi connectivity index (χ3v) is 6.57. The Balaban J connectivity index is 1.68. The minimum absolute atomic E-state index is 0.187. The first-order chi connectivity index (χ1) is 13.4. The predicted molar refractivity (Wildman–Crippen MR) is 108 cm³/mol. The van der Waals surface area contributed by atoms with Crippen LogP contribution in [0, 0.1) is 12.7 Å². The van der Waals surface area contributed by atoms with Crippen molar-refractivity contribution in [3.63, 3.8) is 0 Å². The molecule has 1 fully saturated rings. The van der Waals surface area contributed by atoms with Gasteiger partial charge in [0, 0.05) is 48.0 Å². The van der Waals surface area contributed by atoms with Crippen LogP contribution in [0.2, 0.25) is 0 Å². The van der Waals surface area contributed by atoms with E-state index in [9.17, 15) is 9.50 Å². The van der Waals surface area contributed by atoms with Crippen LogP contribution in [-0.2, 0) is 25.1 Å². The Labute approximate surface area is 164 Å². The van der Waals surface area contributed by atoms with Gasteiger partial charge in [-0.15, -0.1) is 0 Å². The molecule has 1 N–H and O–H groups in total. The summed E-state index contributed by atoms with van der Waals surface area (Å²) in [5.41, 5.74) is 4.21. The van der Waals surface area contributed by atoms with Gasteiger partial charge in [-0.05, 0) is 62.6 Å². The molecule has 2 aliphatic heterocycles. The fourth-order valence-corrected chi connectivity index (χ4v) is 5.20. The van der Waals surface area contributed by atoms with Gasteiger partial charge in [0.05, 0.1) is 12.1 Å². The second-order valence-electron chi connectivity index (χ2n) is 8.62. The van der Waals surface area contributed by atoms with Gasteiger partial charge in [0.1, 0.15) is 11.4 Å². The number of hydrogen-bond donors (Lipinski definition) is 1. The van der Waals surface area contributed by atoms with Gasteiger partial charge in [0.2, 0.25) is 0 Å². The van der Waals surface area contributed by atoms with E-state index in [4.69, 9.17) is 0 Å². The Kier molecular flexibility index (Phi) is 4.07. The molecule has 5 rings (SSSR count). The summed E-state index contributed by atoms with van der Waals surface area (Å²) in [5.74, 6) is -0.187. The molecule has 4 nitrogen and oxygen atoms in total. The van der Waals surface area contributed by atoms with E-state index in [1.807, 2.05) is 26.0 Å². The van der Waals surface area contributed by atoms with Crippen LogP contribution in [0.1, 0.15) is 42.1 Å². The first kappa shape index (κ1) is 17.8. The molecule has 0 spiro atoms. The van der Waals surface area contributed by atoms with Gasteiger partial charge in [-0.3, -0.25) is 9.88 Å². The van der Waals surface area contributed by atoms with Crippen molar-refractivity contribution in [3.05, 3.63) is 64.9 Å². The van der Waals surface area contributed by atoms with Crippen LogP contribution < -0.4 is 0 Å². The predicted octanol–water partition coefficient (Wildman–Crippen LogP) is 3.91. The average molecular weight is 379 g/mol. The van der Waals surface area contributed by atoms with Crippen LogP contribution in [0.3, 0.4) is 0 Å². The van der Waals surface area contributed by atoms with Crippen LogP contribution in [0.15, 0.2) is 36.7 Å². The molecule has 5 heteroatoms. The van der Waals surface area contributed by atoms with Crippen molar-refractivity contribution in [1.82, 2.24) is 14.5 Å². The highest BCUT2D eigenvalue weighted by Gasteiger charge is 2.35. The Morgan fingerprint density at radius 1 is 1.36 bits per heavy atom. The molecule has 4 heterocycles.